The number of anilines is 1. The molecule has 0 saturated heterocycles. The largest absolute Gasteiger partial charge is 0.394 e. The van der Waals surface area contributed by atoms with Gasteiger partial charge in [0.05, 0.1) is 19.0 Å². The third-order valence-electron chi connectivity index (χ3n) is 5.64. The van der Waals surface area contributed by atoms with Crippen LogP contribution in [0.15, 0.2) is 12.7 Å². The summed E-state index contributed by atoms with van der Waals surface area (Å²) in [6, 6.07) is 0.581. The van der Waals surface area contributed by atoms with Crippen molar-refractivity contribution in [1.82, 2.24) is 19.5 Å². The van der Waals surface area contributed by atoms with Gasteiger partial charge in [-0.2, -0.15) is 0 Å². The van der Waals surface area contributed by atoms with Gasteiger partial charge in [-0.1, -0.05) is 13.8 Å². The van der Waals surface area contributed by atoms with E-state index < -0.39 is 0 Å². The van der Waals surface area contributed by atoms with E-state index in [2.05, 4.69) is 40.7 Å². The van der Waals surface area contributed by atoms with Gasteiger partial charge >= 0.3 is 0 Å². The Morgan fingerprint density at radius 2 is 1.83 bits per heavy atom. The summed E-state index contributed by atoms with van der Waals surface area (Å²) in [7, 11) is 2.16. The van der Waals surface area contributed by atoms with Crippen molar-refractivity contribution in [1.29, 1.82) is 0 Å². The Labute approximate surface area is 142 Å². The highest BCUT2D eigenvalue weighted by atomic mass is 16.3. The molecule has 2 aliphatic carbocycles. The van der Waals surface area contributed by atoms with Gasteiger partial charge in [0.1, 0.15) is 6.33 Å². The van der Waals surface area contributed by atoms with Gasteiger partial charge in [-0.25, -0.2) is 15.0 Å². The second-order valence-electron chi connectivity index (χ2n) is 7.79. The molecule has 2 aromatic rings. The number of aromatic nitrogens is 4. The van der Waals surface area contributed by atoms with E-state index >= 15 is 0 Å². The van der Waals surface area contributed by atoms with Gasteiger partial charge in [-0.15, -0.1) is 0 Å². The lowest BCUT2D eigenvalue weighted by Crippen LogP contribution is -2.36. The highest BCUT2D eigenvalue weighted by Gasteiger charge is 2.44. The van der Waals surface area contributed by atoms with E-state index in [4.69, 9.17) is 0 Å². The fraction of sp³-hybridized carbons (Fsp3) is 0.722. The fourth-order valence-corrected chi connectivity index (χ4v) is 3.99. The summed E-state index contributed by atoms with van der Waals surface area (Å²) >= 11 is 0. The molecule has 130 valence electrons. The Balaban J connectivity index is 1.72. The standard InChI is InChI=1S/C18H27N5O/c1-11(2)14(8-24)23-10-21-15-17(19-9-20-18(15)23)22(3)16(12-4-5-12)13-6-7-13/h9-14,16,24H,4-8H2,1-3H3/t14-/m0/s1. The molecule has 2 aromatic heterocycles. The number of imidazole rings is 1. The lowest BCUT2D eigenvalue weighted by molar-refractivity contribution is 0.195. The van der Waals surface area contributed by atoms with E-state index in [1.807, 2.05) is 4.57 Å². The average Bonchev–Trinajstić information content (AvgIpc) is 3.49. The summed E-state index contributed by atoms with van der Waals surface area (Å²) in [4.78, 5) is 16.0. The maximum absolute atomic E-state index is 9.75. The minimum absolute atomic E-state index is 0.00860. The second-order valence-corrected chi connectivity index (χ2v) is 7.79. The molecule has 4 rings (SSSR count). The zero-order chi connectivity index (χ0) is 16.8. The number of aliphatic hydroxyl groups excluding tert-OH is 1. The Bertz CT molecular complexity index is 707. The first-order valence-corrected chi connectivity index (χ1v) is 9.13. The normalized spacial score (nSPS) is 19.4. The number of nitrogens with zero attached hydrogens (tertiary/aromatic N) is 5. The monoisotopic (exact) mass is 329 g/mol. The van der Waals surface area contributed by atoms with Crippen LogP contribution in [0.1, 0.15) is 45.6 Å². The van der Waals surface area contributed by atoms with Crippen molar-refractivity contribution in [2.75, 3.05) is 18.6 Å². The van der Waals surface area contributed by atoms with E-state index in [0.717, 1.165) is 28.8 Å². The number of rotatable bonds is 7. The van der Waals surface area contributed by atoms with Crippen molar-refractivity contribution >= 4 is 17.0 Å². The average molecular weight is 329 g/mol. The highest BCUT2D eigenvalue weighted by Crippen LogP contribution is 2.48. The molecule has 0 aliphatic heterocycles. The Morgan fingerprint density at radius 3 is 2.38 bits per heavy atom. The van der Waals surface area contributed by atoms with E-state index in [-0.39, 0.29) is 12.6 Å². The molecule has 24 heavy (non-hydrogen) atoms. The lowest BCUT2D eigenvalue weighted by atomic mass is 10.1. The van der Waals surface area contributed by atoms with Crippen molar-refractivity contribution in [2.45, 2.75) is 51.6 Å². The molecule has 6 heteroatoms. The molecule has 0 amide bonds. The molecule has 2 saturated carbocycles. The summed E-state index contributed by atoms with van der Waals surface area (Å²) < 4.78 is 2.00. The molecular weight excluding hydrogens is 302 g/mol. The Morgan fingerprint density at radius 1 is 1.17 bits per heavy atom. The lowest BCUT2D eigenvalue weighted by Gasteiger charge is -2.29. The van der Waals surface area contributed by atoms with Crippen LogP contribution in [0.5, 0.6) is 0 Å². The fourth-order valence-electron chi connectivity index (χ4n) is 3.99. The molecule has 0 aromatic carbocycles. The first-order chi connectivity index (χ1) is 11.6. The van der Waals surface area contributed by atoms with Crippen molar-refractivity contribution in [3.05, 3.63) is 12.7 Å². The molecule has 6 nitrogen and oxygen atoms in total. The summed E-state index contributed by atoms with van der Waals surface area (Å²) in [5.74, 6) is 2.88. The maximum Gasteiger partial charge on any atom is 0.165 e. The van der Waals surface area contributed by atoms with Crippen molar-refractivity contribution < 1.29 is 5.11 Å². The van der Waals surface area contributed by atoms with Gasteiger partial charge in [-0.05, 0) is 43.4 Å². The topological polar surface area (TPSA) is 67.1 Å². The van der Waals surface area contributed by atoms with Crippen LogP contribution in [-0.4, -0.2) is 44.3 Å². The number of hydrogen-bond acceptors (Lipinski definition) is 5. The van der Waals surface area contributed by atoms with Crippen molar-refractivity contribution in [3.8, 4) is 0 Å². The van der Waals surface area contributed by atoms with Gasteiger partial charge in [0.15, 0.2) is 17.0 Å². The maximum atomic E-state index is 9.75. The third-order valence-corrected chi connectivity index (χ3v) is 5.64. The van der Waals surface area contributed by atoms with E-state index in [1.165, 1.54) is 25.7 Å². The SMILES string of the molecule is CC(C)[C@H](CO)n1cnc2c(N(C)C(C3CC3)C3CC3)ncnc21. The molecule has 0 unspecified atom stereocenters. The quantitative estimate of drug-likeness (QED) is 0.846. The van der Waals surface area contributed by atoms with Crippen LogP contribution >= 0.6 is 0 Å². The van der Waals surface area contributed by atoms with Crippen LogP contribution < -0.4 is 4.90 Å². The second kappa shape index (κ2) is 5.99. The van der Waals surface area contributed by atoms with Crippen molar-refractivity contribution in [2.24, 2.45) is 17.8 Å². The van der Waals surface area contributed by atoms with Crippen LogP contribution in [0, 0.1) is 17.8 Å². The molecule has 0 spiro atoms. The van der Waals surface area contributed by atoms with E-state index in [9.17, 15) is 5.11 Å². The summed E-state index contributed by atoms with van der Waals surface area (Å²) in [6.45, 7) is 4.30. The molecular formula is C18H27N5O. The predicted octanol–water partition coefficient (Wildman–Crippen LogP) is 2.64. The van der Waals surface area contributed by atoms with E-state index in [1.54, 1.807) is 12.7 Å². The first-order valence-electron chi connectivity index (χ1n) is 9.13. The summed E-state index contributed by atoms with van der Waals surface area (Å²) in [5.41, 5.74) is 1.68. The molecule has 2 heterocycles. The zero-order valence-electron chi connectivity index (χ0n) is 14.8. The van der Waals surface area contributed by atoms with Crippen LogP contribution in [0.4, 0.5) is 5.82 Å². The summed E-state index contributed by atoms with van der Waals surface area (Å²) in [5, 5.41) is 9.75. The van der Waals surface area contributed by atoms with Gasteiger partial charge in [0.2, 0.25) is 0 Å². The van der Waals surface area contributed by atoms with Gasteiger partial charge in [0, 0.05) is 13.1 Å². The molecule has 0 bridgehead atoms. The smallest absolute Gasteiger partial charge is 0.165 e. The molecule has 2 fully saturated rings. The van der Waals surface area contributed by atoms with Crippen LogP contribution in [0.3, 0.4) is 0 Å². The Kier molecular flexibility index (Phi) is 3.95. The van der Waals surface area contributed by atoms with Crippen molar-refractivity contribution in [3.63, 3.8) is 0 Å². The molecule has 1 atom stereocenters. The highest BCUT2D eigenvalue weighted by molar-refractivity contribution is 5.83. The third kappa shape index (κ3) is 2.66. The number of fused-ring (bicyclic) bond motifs is 1. The Hall–Kier alpha value is -1.69. The van der Waals surface area contributed by atoms with Gasteiger partial charge < -0.3 is 14.6 Å². The van der Waals surface area contributed by atoms with Crippen LogP contribution in [-0.2, 0) is 0 Å². The number of hydrogen-bond donors (Lipinski definition) is 1. The number of aliphatic hydroxyl groups is 1. The molecule has 2 aliphatic rings. The summed E-state index contributed by atoms with van der Waals surface area (Å²) in [6.07, 6.45) is 8.81. The first kappa shape index (κ1) is 15.8. The molecule has 1 N–H and O–H groups in total. The van der Waals surface area contributed by atoms with Gasteiger partial charge in [-0.3, -0.25) is 0 Å². The molecule has 0 radical (unpaired) electrons. The zero-order valence-corrected chi connectivity index (χ0v) is 14.8. The van der Waals surface area contributed by atoms with Crippen LogP contribution in [0.25, 0.3) is 11.2 Å². The van der Waals surface area contributed by atoms with Gasteiger partial charge in [0.25, 0.3) is 0 Å². The minimum atomic E-state index is -0.00860. The van der Waals surface area contributed by atoms with E-state index in [0.29, 0.717) is 12.0 Å². The predicted molar refractivity (Wildman–Crippen MR) is 93.9 cm³/mol. The minimum Gasteiger partial charge on any atom is -0.394 e. The van der Waals surface area contributed by atoms with Crippen LogP contribution in [0.2, 0.25) is 0 Å².